The number of carbonyl (C=O) groups excluding carboxylic acids is 1. The van der Waals surface area contributed by atoms with E-state index in [1.165, 1.54) is 0 Å². The summed E-state index contributed by atoms with van der Waals surface area (Å²) >= 11 is 0. The maximum atomic E-state index is 10.8. The Morgan fingerprint density at radius 3 is 2.94 bits per heavy atom. The molecule has 0 saturated carbocycles. The van der Waals surface area contributed by atoms with Crippen molar-refractivity contribution in [3.8, 4) is 23.8 Å². The molecule has 0 saturated heterocycles. The number of rotatable bonds is 6. The molecule has 1 aromatic rings. The van der Waals surface area contributed by atoms with Crippen LogP contribution in [0.4, 0.5) is 0 Å². The Kier molecular flexibility index (Phi) is 4.94. The standard InChI is InChI=1S/C13H14O3/c1-3-4-5-8-16-13-9-12(15-2)7-6-11(13)10-14/h1,6-7,9-10H,4-5,8H2,2H3. The summed E-state index contributed by atoms with van der Waals surface area (Å²) in [5.41, 5.74) is 0.515. The minimum atomic E-state index is 0.498. The first-order valence-electron chi connectivity index (χ1n) is 5.01. The average molecular weight is 218 g/mol. The molecule has 0 heterocycles. The van der Waals surface area contributed by atoms with Crippen LogP contribution in [-0.4, -0.2) is 20.0 Å². The average Bonchev–Trinajstić information content (AvgIpc) is 2.34. The molecule has 0 aliphatic carbocycles. The second-order valence-electron chi connectivity index (χ2n) is 3.18. The van der Waals surface area contributed by atoms with E-state index in [4.69, 9.17) is 15.9 Å². The van der Waals surface area contributed by atoms with Gasteiger partial charge < -0.3 is 9.47 Å². The topological polar surface area (TPSA) is 35.5 Å². The summed E-state index contributed by atoms with van der Waals surface area (Å²) in [5.74, 6) is 3.73. The maximum absolute atomic E-state index is 10.8. The van der Waals surface area contributed by atoms with Crippen molar-refractivity contribution in [3.63, 3.8) is 0 Å². The van der Waals surface area contributed by atoms with Crippen molar-refractivity contribution in [2.45, 2.75) is 12.8 Å². The molecular weight excluding hydrogens is 204 g/mol. The zero-order valence-electron chi connectivity index (χ0n) is 9.23. The highest BCUT2D eigenvalue weighted by atomic mass is 16.5. The lowest BCUT2D eigenvalue weighted by molar-refractivity contribution is 0.111. The summed E-state index contributed by atoms with van der Waals surface area (Å²) in [6.45, 7) is 0.498. The molecule has 1 aromatic carbocycles. The summed E-state index contributed by atoms with van der Waals surface area (Å²) < 4.78 is 10.5. The normalized spacial score (nSPS) is 9.25. The molecule has 0 N–H and O–H groups in total. The van der Waals surface area contributed by atoms with Crippen LogP contribution in [0.3, 0.4) is 0 Å². The third-order valence-corrected chi connectivity index (χ3v) is 2.07. The van der Waals surface area contributed by atoms with Crippen molar-refractivity contribution in [1.82, 2.24) is 0 Å². The van der Waals surface area contributed by atoms with E-state index >= 15 is 0 Å². The fourth-order valence-corrected chi connectivity index (χ4v) is 1.22. The van der Waals surface area contributed by atoms with Gasteiger partial charge in [0.15, 0.2) is 6.29 Å². The first-order chi connectivity index (χ1) is 7.81. The van der Waals surface area contributed by atoms with Crippen molar-refractivity contribution in [1.29, 1.82) is 0 Å². The van der Waals surface area contributed by atoms with Crippen LogP contribution < -0.4 is 9.47 Å². The Hall–Kier alpha value is -1.95. The SMILES string of the molecule is C#CCCCOc1cc(OC)ccc1C=O. The van der Waals surface area contributed by atoms with Gasteiger partial charge in [-0.2, -0.15) is 0 Å². The van der Waals surface area contributed by atoms with Crippen LogP contribution in [0.2, 0.25) is 0 Å². The monoisotopic (exact) mass is 218 g/mol. The van der Waals surface area contributed by atoms with Crippen molar-refractivity contribution in [2.75, 3.05) is 13.7 Å². The van der Waals surface area contributed by atoms with Crippen LogP contribution in [0.5, 0.6) is 11.5 Å². The third kappa shape index (κ3) is 3.32. The van der Waals surface area contributed by atoms with Crippen molar-refractivity contribution in [2.24, 2.45) is 0 Å². The fraction of sp³-hybridized carbons (Fsp3) is 0.308. The van der Waals surface area contributed by atoms with E-state index in [2.05, 4.69) is 5.92 Å². The Balaban J connectivity index is 2.68. The number of methoxy groups -OCH3 is 1. The number of carbonyl (C=O) groups is 1. The predicted octanol–water partition coefficient (Wildman–Crippen LogP) is 2.30. The molecule has 0 spiro atoms. The van der Waals surface area contributed by atoms with E-state index < -0.39 is 0 Å². The lowest BCUT2D eigenvalue weighted by atomic mass is 10.2. The molecule has 0 amide bonds. The van der Waals surface area contributed by atoms with Crippen molar-refractivity contribution < 1.29 is 14.3 Å². The zero-order valence-corrected chi connectivity index (χ0v) is 9.23. The van der Waals surface area contributed by atoms with Gasteiger partial charge >= 0.3 is 0 Å². The largest absolute Gasteiger partial charge is 0.497 e. The van der Waals surface area contributed by atoms with E-state index in [-0.39, 0.29) is 0 Å². The van der Waals surface area contributed by atoms with Gasteiger partial charge in [-0.05, 0) is 18.6 Å². The van der Waals surface area contributed by atoms with Gasteiger partial charge in [-0.1, -0.05) is 0 Å². The van der Waals surface area contributed by atoms with Gasteiger partial charge in [0.05, 0.1) is 19.3 Å². The van der Waals surface area contributed by atoms with Gasteiger partial charge in [-0.25, -0.2) is 0 Å². The number of hydrogen-bond acceptors (Lipinski definition) is 3. The molecule has 0 aliphatic heterocycles. The summed E-state index contributed by atoms with van der Waals surface area (Å²) in [6.07, 6.45) is 7.32. The highest BCUT2D eigenvalue weighted by Gasteiger charge is 2.04. The molecule has 84 valence electrons. The molecule has 0 atom stereocenters. The Morgan fingerprint density at radius 1 is 1.50 bits per heavy atom. The van der Waals surface area contributed by atoms with Crippen LogP contribution in [0.1, 0.15) is 23.2 Å². The van der Waals surface area contributed by atoms with E-state index in [1.807, 2.05) is 0 Å². The summed E-state index contributed by atoms with van der Waals surface area (Å²) in [4.78, 5) is 10.8. The second kappa shape index (κ2) is 6.52. The molecule has 0 aliphatic rings. The summed E-state index contributed by atoms with van der Waals surface area (Å²) in [6, 6.07) is 5.08. The minimum absolute atomic E-state index is 0.498. The highest BCUT2D eigenvalue weighted by Crippen LogP contribution is 2.23. The first kappa shape index (κ1) is 12.1. The molecule has 0 bridgehead atoms. The van der Waals surface area contributed by atoms with Crippen LogP contribution in [0.25, 0.3) is 0 Å². The summed E-state index contributed by atoms with van der Waals surface area (Å²) in [5, 5.41) is 0. The van der Waals surface area contributed by atoms with Crippen LogP contribution in [-0.2, 0) is 0 Å². The van der Waals surface area contributed by atoms with Gasteiger partial charge in [-0.15, -0.1) is 12.3 Å². The van der Waals surface area contributed by atoms with E-state index in [0.717, 1.165) is 12.7 Å². The van der Waals surface area contributed by atoms with Gasteiger partial charge in [0, 0.05) is 12.5 Å². The zero-order chi connectivity index (χ0) is 11.8. The van der Waals surface area contributed by atoms with Crippen LogP contribution in [0.15, 0.2) is 18.2 Å². The maximum Gasteiger partial charge on any atom is 0.153 e. The molecule has 0 radical (unpaired) electrons. The molecule has 0 aromatic heterocycles. The molecule has 16 heavy (non-hydrogen) atoms. The number of terminal acetylenes is 1. The van der Waals surface area contributed by atoms with E-state index in [9.17, 15) is 4.79 Å². The number of unbranched alkanes of at least 4 members (excludes halogenated alkanes) is 1. The van der Waals surface area contributed by atoms with Gasteiger partial charge in [0.1, 0.15) is 11.5 Å². The summed E-state index contributed by atoms with van der Waals surface area (Å²) in [7, 11) is 1.57. The van der Waals surface area contributed by atoms with E-state index in [1.54, 1.807) is 25.3 Å². The fourth-order valence-electron chi connectivity index (χ4n) is 1.22. The third-order valence-electron chi connectivity index (χ3n) is 2.07. The van der Waals surface area contributed by atoms with Crippen LogP contribution in [0, 0.1) is 12.3 Å². The molecular formula is C13H14O3. The first-order valence-corrected chi connectivity index (χ1v) is 5.01. The Morgan fingerprint density at radius 2 is 2.31 bits per heavy atom. The number of aldehydes is 1. The number of benzene rings is 1. The predicted molar refractivity (Wildman–Crippen MR) is 61.9 cm³/mol. The molecule has 0 unspecified atom stereocenters. The van der Waals surface area contributed by atoms with Crippen LogP contribution >= 0.6 is 0 Å². The van der Waals surface area contributed by atoms with Crippen molar-refractivity contribution >= 4 is 6.29 Å². The quantitative estimate of drug-likeness (QED) is 0.417. The smallest absolute Gasteiger partial charge is 0.153 e. The number of hydrogen-bond donors (Lipinski definition) is 0. The number of ether oxygens (including phenoxy) is 2. The minimum Gasteiger partial charge on any atom is -0.497 e. The van der Waals surface area contributed by atoms with E-state index in [0.29, 0.717) is 30.1 Å². The molecule has 0 fully saturated rings. The van der Waals surface area contributed by atoms with Gasteiger partial charge in [0.25, 0.3) is 0 Å². The van der Waals surface area contributed by atoms with Gasteiger partial charge in [-0.3, -0.25) is 4.79 Å². The molecule has 3 heteroatoms. The molecule has 3 nitrogen and oxygen atoms in total. The van der Waals surface area contributed by atoms with Crippen molar-refractivity contribution in [3.05, 3.63) is 23.8 Å². The lowest BCUT2D eigenvalue weighted by Gasteiger charge is -2.09. The Bertz CT molecular complexity index is 391. The second-order valence-corrected chi connectivity index (χ2v) is 3.18. The van der Waals surface area contributed by atoms with Gasteiger partial charge in [0.2, 0.25) is 0 Å². The molecule has 1 rings (SSSR count). The highest BCUT2D eigenvalue weighted by molar-refractivity contribution is 5.79. The lowest BCUT2D eigenvalue weighted by Crippen LogP contribution is -2.00. The Labute approximate surface area is 95.4 Å².